The van der Waals surface area contributed by atoms with E-state index in [1.54, 1.807) is 11.3 Å². The predicted molar refractivity (Wildman–Crippen MR) is 96.6 cm³/mol. The maximum atomic E-state index is 12.0. The Bertz CT molecular complexity index is 728. The number of nitrogens with zero attached hydrogens (tertiary/aromatic N) is 2. The summed E-state index contributed by atoms with van der Waals surface area (Å²) in [6.07, 6.45) is 6.88. The lowest BCUT2D eigenvalue weighted by molar-refractivity contribution is -0.123. The van der Waals surface area contributed by atoms with Gasteiger partial charge in [0, 0.05) is 10.9 Å². The first-order valence-corrected chi connectivity index (χ1v) is 9.57. The summed E-state index contributed by atoms with van der Waals surface area (Å²) in [6.45, 7) is 6.41. The van der Waals surface area contributed by atoms with Crippen LogP contribution < -0.4 is 10.1 Å². The Hall–Kier alpha value is -1.69. The third-order valence-electron chi connectivity index (χ3n) is 4.53. The van der Waals surface area contributed by atoms with E-state index < -0.39 is 0 Å². The highest BCUT2D eigenvalue weighted by Gasteiger charge is 2.23. The number of ether oxygens (including phenoxy) is 1. The highest BCUT2D eigenvalue weighted by Crippen LogP contribution is 2.40. The summed E-state index contributed by atoms with van der Waals surface area (Å²) in [5.74, 6) is 1.17. The van der Waals surface area contributed by atoms with Crippen molar-refractivity contribution in [2.75, 3.05) is 6.61 Å². The van der Waals surface area contributed by atoms with Crippen LogP contribution in [0.5, 0.6) is 5.88 Å². The van der Waals surface area contributed by atoms with Crippen molar-refractivity contribution in [2.45, 2.75) is 58.9 Å². The maximum Gasteiger partial charge on any atom is 0.258 e. The summed E-state index contributed by atoms with van der Waals surface area (Å²) >= 11 is 1.74. The van der Waals surface area contributed by atoms with E-state index in [0.29, 0.717) is 11.8 Å². The van der Waals surface area contributed by atoms with Crippen LogP contribution >= 0.6 is 11.3 Å². The molecule has 6 heteroatoms. The Morgan fingerprint density at radius 1 is 1.50 bits per heavy atom. The maximum absolute atomic E-state index is 12.0. The molecule has 0 spiro atoms. The van der Waals surface area contributed by atoms with Crippen molar-refractivity contribution >= 4 is 27.5 Å². The molecule has 3 rings (SSSR count). The van der Waals surface area contributed by atoms with Crippen molar-refractivity contribution < 1.29 is 9.53 Å². The van der Waals surface area contributed by atoms with Crippen molar-refractivity contribution in [2.24, 2.45) is 5.92 Å². The predicted octanol–water partition coefficient (Wildman–Crippen LogP) is 3.50. The van der Waals surface area contributed by atoms with E-state index in [9.17, 15) is 4.79 Å². The molecule has 0 aromatic carbocycles. The van der Waals surface area contributed by atoms with Crippen molar-refractivity contribution in [3.8, 4) is 5.88 Å². The largest absolute Gasteiger partial charge is 0.467 e. The molecule has 0 radical (unpaired) electrons. The summed E-state index contributed by atoms with van der Waals surface area (Å²) in [5.41, 5.74) is 1.32. The van der Waals surface area contributed by atoms with Gasteiger partial charge in [-0.05, 0) is 44.1 Å². The van der Waals surface area contributed by atoms with Crippen LogP contribution in [0.4, 0.5) is 0 Å². The van der Waals surface area contributed by atoms with Crippen molar-refractivity contribution in [1.82, 2.24) is 15.3 Å². The van der Waals surface area contributed by atoms with Gasteiger partial charge in [-0.2, -0.15) is 0 Å². The minimum absolute atomic E-state index is 0.00118. The highest BCUT2D eigenvalue weighted by atomic mass is 32.1. The first-order valence-electron chi connectivity index (χ1n) is 8.75. The third kappa shape index (κ3) is 3.69. The average molecular weight is 347 g/mol. The van der Waals surface area contributed by atoms with Crippen LogP contribution in [-0.4, -0.2) is 28.5 Å². The molecule has 1 amide bonds. The molecule has 2 aromatic heterocycles. The lowest BCUT2D eigenvalue weighted by atomic mass is 9.89. The van der Waals surface area contributed by atoms with Crippen LogP contribution in [0.2, 0.25) is 0 Å². The number of fused-ring (bicyclic) bond motifs is 3. The lowest BCUT2D eigenvalue weighted by Crippen LogP contribution is -2.36. The molecule has 24 heavy (non-hydrogen) atoms. The molecular formula is C18H25N3O2S. The minimum atomic E-state index is -0.0968. The topological polar surface area (TPSA) is 64.1 Å². The number of carbonyl (C=O) groups is 1. The molecule has 5 nitrogen and oxygen atoms in total. The van der Waals surface area contributed by atoms with E-state index in [1.165, 1.54) is 23.2 Å². The van der Waals surface area contributed by atoms with Crippen LogP contribution in [0.1, 0.15) is 50.5 Å². The molecule has 2 aromatic rings. The molecule has 0 saturated carbocycles. The Kier molecular flexibility index (Phi) is 5.33. The van der Waals surface area contributed by atoms with Gasteiger partial charge < -0.3 is 10.1 Å². The van der Waals surface area contributed by atoms with Crippen LogP contribution in [0.3, 0.4) is 0 Å². The molecule has 0 aliphatic heterocycles. The van der Waals surface area contributed by atoms with Gasteiger partial charge in [-0.25, -0.2) is 9.97 Å². The Labute approximate surface area is 146 Å². The Morgan fingerprint density at radius 3 is 3.12 bits per heavy atom. The van der Waals surface area contributed by atoms with Crippen molar-refractivity contribution in [3.05, 3.63) is 16.8 Å². The van der Waals surface area contributed by atoms with E-state index in [2.05, 4.69) is 29.1 Å². The average Bonchev–Trinajstić information content (AvgIpc) is 2.90. The first kappa shape index (κ1) is 17.1. The highest BCUT2D eigenvalue weighted by molar-refractivity contribution is 7.18. The summed E-state index contributed by atoms with van der Waals surface area (Å²) in [5, 5.41) is 3.97. The fourth-order valence-corrected chi connectivity index (χ4v) is 4.65. The number of aromatic nitrogens is 2. The molecule has 2 atom stereocenters. The number of amides is 1. The monoisotopic (exact) mass is 347 g/mol. The molecule has 1 aliphatic carbocycles. The summed E-state index contributed by atoms with van der Waals surface area (Å²) in [7, 11) is 0. The van der Waals surface area contributed by atoms with Gasteiger partial charge >= 0.3 is 0 Å². The standard InChI is InChI=1S/C18H25N3O2S/c1-4-5-12(3)21-15(22)9-23-17-16-13-7-6-11(2)8-14(13)24-18(16)20-10-19-17/h10-12H,4-9H2,1-3H3,(H,21,22)/t11-,12-/m0/s1. The number of hydrogen-bond donors (Lipinski definition) is 1. The molecular weight excluding hydrogens is 322 g/mol. The SMILES string of the molecule is CCC[C@H](C)NC(=O)COc1ncnc2sc3c(c12)CC[C@H](C)C3. The lowest BCUT2D eigenvalue weighted by Gasteiger charge is -2.18. The van der Waals surface area contributed by atoms with Crippen LogP contribution in [0, 0.1) is 5.92 Å². The summed E-state index contributed by atoms with van der Waals surface area (Å²) < 4.78 is 5.75. The van der Waals surface area contributed by atoms with E-state index in [-0.39, 0.29) is 18.6 Å². The minimum Gasteiger partial charge on any atom is -0.467 e. The molecule has 1 N–H and O–H groups in total. The molecule has 1 aliphatic rings. The number of thiophene rings is 1. The normalized spacial score (nSPS) is 18.2. The molecule has 0 fully saturated rings. The zero-order valence-corrected chi connectivity index (χ0v) is 15.4. The molecule has 2 heterocycles. The van der Waals surface area contributed by atoms with Crippen molar-refractivity contribution in [3.63, 3.8) is 0 Å². The second-order valence-corrected chi connectivity index (χ2v) is 7.84. The Morgan fingerprint density at radius 2 is 2.33 bits per heavy atom. The van der Waals surface area contributed by atoms with Gasteiger partial charge in [0.05, 0.1) is 5.39 Å². The zero-order valence-electron chi connectivity index (χ0n) is 14.6. The summed E-state index contributed by atoms with van der Waals surface area (Å²) in [4.78, 5) is 23.1. The number of hydrogen-bond acceptors (Lipinski definition) is 5. The van der Waals surface area contributed by atoms with E-state index in [1.807, 2.05) is 6.92 Å². The van der Waals surface area contributed by atoms with Crippen molar-refractivity contribution in [1.29, 1.82) is 0 Å². The van der Waals surface area contributed by atoms with E-state index in [0.717, 1.165) is 35.9 Å². The Balaban J connectivity index is 1.74. The fourth-order valence-electron chi connectivity index (χ4n) is 3.31. The zero-order chi connectivity index (χ0) is 17.1. The van der Waals surface area contributed by atoms with Gasteiger partial charge in [0.25, 0.3) is 5.91 Å². The van der Waals surface area contributed by atoms with Crippen LogP contribution in [0.25, 0.3) is 10.2 Å². The molecule has 0 saturated heterocycles. The van der Waals surface area contributed by atoms with E-state index >= 15 is 0 Å². The molecule has 130 valence electrons. The quantitative estimate of drug-likeness (QED) is 0.869. The number of aryl methyl sites for hydroxylation is 1. The number of carbonyl (C=O) groups excluding carboxylic acids is 1. The number of nitrogens with one attached hydrogen (secondary N) is 1. The first-order chi connectivity index (χ1) is 11.6. The second kappa shape index (κ2) is 7.47. The van der Waals surface area contributed by atoms with Gasteiger partial charge in [0.2, 0.25) is 5.88 Å². The molecule has 0 unspecified atom stereocenters. The van der Waals surface area contributed by atoms with Gasteiger partial charge in [-0.1, -0.05) is 20.3 Å². The summed E-state index contributed by atoms with van der Waals surface area (Å²) in [6, 6.07) is 0.173. The van der Waals surface area contributed by atoms with Gasteiger partial charge in [0.15, 0.2) is 6.61 Å². The van der Waals surface area contributed by atoms with Crippen LogP contribution in [0.15, 0.2) is 6.33 Å². The number of rotatable bonds is 6. The van der Waals surface area contributed by atoms with Gasteiger partial charge in [-0.15, -0.1) is 11.3 Å². The van der Waals surface area contributed by atoms with Gasteiger partial charge in [0.1, 0.15) is 11.2 Å². The smallest absolute Gasteiger partial charge is 0.258 e. The van der Waals surface area contributed by atoms with E-state index in [4.69, 9.17) is 4.74 Å². The van der Waals surface area contributed by atoms with Gasteiger partial charge in [-0.3, -0.25) is 4.79 Å². The molecule has 0 bridgehead atoms. The third-order valence-corrected chi connectivity index (χ3v) is 5.69. The van der Waals surface area contributed by atoms with Crippen LogP contribution in [-0.2, 0) is 17.6 Å². The second-order valence-electron chi connectivity index (χ2n) is 6.76. The fraction of sp³-hybridized carbons (Fsp3) is 0.611.